The van der Waals surface area contributed by atoms with Crippen molar-refractivity contribution >= 4 is 17.9 Å². The molecule has 1 saturated heterocycles. The molecule has 102 valence electrons. The van der Waals surface area contributed by atoms with E-state index in [9.17, 15) is 14.4 Å². The zero-order valence-corrected chi connectivity index (χ0v) is 10.5. The van der Waals surface area contributed by atoms with Gasteiger partial charge in [0.2, 0.25) is 5.91 Å². The monoisotopic (exact) mass is 257 g/mol. The minimum Gasteiger partial charge on any atom is -0.481 e. The molecule has 1 rings (SSSR count). The summed E-state index contributed by atoms with van der Waals surface area (Å²) in [6, 6.07) is -1.56. The molecule has 1 heterocycles. The van der Waals surface area contributed by atoms with Gasteiger partial charge in [-0.1, -0.05) is 0 Å². The third-order valence-electron chi connectivity index (χ3n) is 3.09. The highest BCUT2D eigenvalue weighted by atomic mass is 16.4. The molecule has 0 bridgehead atoms. The highest BCUT2D eigenvalue weighted by Crippen LogP contribution is 2.04. The van der Waals surface area contributed by atoms with Crippen LogP contribution in [0.15, 0.2) is 0 Å². The first-order chi connectivity index (χ1) is 8.41. The van der Waals surface area contributed by atoms with Crippen molar-refractivity contribution in [2.75, 3.05) is 6.54 Å². The van der Waals surface area contributed by atoms with Crippen molar-refractivity contribution in [2.24, 2.45) is 5.92 Å². The van der Waals surface area contributed by atoms with Crippen LogP contribution in [0.5, 0.6) is 0 Å². The second kappa shape index (κ2) is 6.23. The molecule has 0 saturated carbocycles. The van der Waals surface area contributed by atoms with Crippen molar-refractivity contribution in [1.82, 2.24) is 16.0 Å². The maximum Gasteiger partial charge on any atom is 0.315 e. The lowest BCUT2D eigenvalue weighted by Crippen LogP contribution is -2.54. The molecule has 0 aromatic heterocycles. The van der Waals surface area contributed by atoms with Gasteiger partial charge in [0.1, 0.15) is 6.04 Å². The topological polar surface area (TPSA) is 108 Å². The van der Waals surface area contributed by atoms with Gasteiger partial charge in [0.15, 0.2) is 0 Å². The van der Waals surface area contributed by atoms with Crippen molar-refractivity contribution in [3.63, 3.8) is 0 Å². The zero-order chi connectivity index (χ0) is 13.7. The van der Waals surface area contributed by atoms with Crippen LogP contribution in [0.4, 0.5) is 4.79 Å². The minimum absolute atomic E-state index is 0.199. The number of carboxylic acid groups (broad SMARTS) is 1. The fraction of sp³-hybridized carbons (Fsp3) is 0.727. The fourth-order valence-corrected chi connectivity index (χ4v) is 1.66. The lowest BCUT2D eigenvalue weighted by Gasteiger charge is -2.24. The molecule has 1 fully saturated rings. The van der Waals surface area contributed by atoms with Crippen molar-refractivity contribution in [3.8, 4) is 0 Å². The van der Waals surface area contributed by atoms with E-state index in [2.05, 4.69) is 16.0 Å². The zero-order valence-electron chi connectivity index (χ0n) is 10.5. The van der Waals surface area contributed by atoms with E-state index in [-0.39, 0.29) is 5.91 Å². The van der Waals surface area contributed by atoms with E-state index in [1.807, 2.05) is 0 Å². The molecule has 18 heavy (non-hydrogen) atoms. The van der Waals surface area contributed by atoms with Crippen molar-refractivity contribution in [2.45, 2.75) is 38.8 Å². The van der Waals surface area contributed by atoms with Crippen LogP contribution in [0.25, 0.3) is 0 Å². The Bertz CT molecular complexity index is 345. The van der Waals surface area contributed by atoms with Gasteiger partial charge >= 0.3 is 12.0 Å². The third kappa shape index (κ3) is 3.90. The summed E-state index contributed by atoms with van der Waals surface area (Å²) in [7, 11) is 0. The number of rotatable bonds is 4. The Hall–Kier alpha value is -1.79. The van der Waals surface area contributed by atoms with Crippen LogP contribution in [-0.4, -0.2) is 41.6 Å². The van der Waals surface area contributed by atoms with Gasteiger partial charge in [0.05, 0.1) is 5.92 Å². The number of carbonyl (C=O) groups excluding carboxylic acids is 2. The maximum atomic E-state index is 11.6. The summed E-state index contributed by atoms with van der Waals surface area (Å²) in [5, 5.41) is 16.5. The van der Waals surface area contributed by atoms with Gasteiger partial charge in [-0.05, 0) is 26.7 Å². The van der Waals surface area contributed by atoms with Gasteiger partial charge in [0.25, 0.3) is 0 Å². The largest absolute Gasteiger partial charge is 0.481 e. The number of hydrogen-bond donors (Lipinski definition) is 4. The molecule has 1 aliphatic heterocycles. The molecule has 0 spiro atoms. The first-order valence-electron chi connectivity index (χ1n) is 5.99. The van der Waals surface area contributed by atoms with Crippen LogP contribution in [-0.2, 0) is 9.59 Å². The molecule has 0 aromatic carbocycles. The van der Waals surface area contributed by atoms with Crippen LogP contribution in [0.3, 0.4) is 0 Å². The van der Waals surface area contributed by atoms with Gasteiger partial charge in [-0.15, -0.1) is 0 Å². The maximum absolute atomic E-state index is 11.6. The summed E-state index contributed by atoms with van der Waals surface area (Å²) in [5.41, 5.74) is 0. The quantitative estimate of drug-likeness (QED) is 0.553. The molecule has 1 aliphatic rings. The standard InChI is InChI=1S/C11H19N3O4/c1-6(10(16)17)7(2)13-11(18)14-8-4-3-5-12-9(8)15/h6-8H,3-5H2,1-2H3,(H,12,15)(H,16,17)(H2,13,14,18). The van der Waals surface area contributed by atoms with Crippen molar-refractivity contribution < 1.29 is 19.5 Å². The second-order valence-electron chi connectivity index (χ2n) is 4.52. The number of hydrogen-bond acceptors (Lipinski definition) is 3. The molecular weight excluding hydrogens is 238 g/mol. The Morgan fingerprint density at radius 2 is 2.11 bits per heavy atom. The predicted molar refractivity (Wildman–Crippen MR) is 64.0 cm³/mol. The van der Waals surface area contributed by atoms with E-state index in [0.717, 1.165) is 6.42 Å². The highest BCUT2D eigenvalue weighted by Gasteiger charge is 2.26. The number of aliphatic carboxylic acids is 1. The molecular formula is C11H19N3O4. The van der Waals surface area contributed by atoms with Crippen LogP contribution in [0.1, 0.15) is 26.7 Å². The number of carboxylic acids is 1. The number of piperidine rings is 1. The number of nitrogens with one attached hydrogen (secondary N) is 3. The molecule has 4 N–H and O–H groups in total. The fourth-order valence-electron chi connectivity index (χ4n) is 1.66. The van der Waals surface area contributed by atoms with E-state index < -0.39 is 30.0 Å². The number of amides is 3. The van der Waals surface area contributed by atoms with Gasteiger partial charge in [-0.2, -0.15) is 0 Å². The van der Waals surface area contributed by atoms with Crippen molar-refractivity contribution in [3.05, 3.63) is 0 Å². The van der Waals surface area contributed by atoms with Crippen molar-refractivity contribution in [1.29, 1.82) is 0 Å². The molecule has 3 atom stereocenters. The molecule has 7 nitrogen and oxygen atoms in total. The first kappa shape index (κ1) is 14.3. The molecule has 3 amide bonds. The van der Waals surface area contributed by atoms with Gasteiger partial charge in [-0.25, -0.2) is 4.79 Å². The predicted octanol–water partition coefficient (Wildman–Crippen LogP) is -0.327. The second-order valence-corrected chi connectivity index (χ2v) is 4.52. The van der Waals surface area contributed by atoms with E-state index in [1.165, 1.54) is 6.92 Å². The Kier molecular flexibility index (Phi) is 4.94. The number of urea groups is 1. The highest BCUT2D eigenvalue weighted by molar-refractivity contribution is 5.87. The Labute approximate surface area is 105 Å². The Morgan fingerprint density at radius 1 is 1.44 bits per heavy atom. The first-order valence-corrected chi connectivity index (χ1v) is 5.99. The van der Waals surface area contributed by atoms with E-state index in [0.29, 0.717) is 13.0 Å². The summed E-state index contributed by atoms with van der Waals surface area (Å²) < 4.78 is 0. The summed E-state index contributed by atoms with van der Waals surface area (Å²) in [5.74, 6) is -1.86. The van der Waals surface area contributed by atoms with E-state index >= 15 is 0 Å². The molecule has 0 aromatic rings. The molecule has 0 radical (unpaired) electrons. The lowest BCUT2D eigenvalue weighted by atomic mass is 10.0. The summed E-state index contributed by atoms with van der Waals surface area (Å²) in [4.78, 5) is 33.7. The molecule has 0 aliphatic carbocycles. The number of carbonyl (C=O) groups is 3. The van der Waals surface area contributed by atoms with Gasteiger partial charge in [0, 0.05) is 12.6 Å². The Morgan fingerprint density at radius 3 is 2.67 bits per heavy atom. The summed E-state index contributed by atoms with van der Waals surface area (Å²) in [6.07, 6.45) is 1.42. The van der Waals surface area contributed by atoms with E-state index in [1.54, 1.807) is 6.92 Å². The Balaban J connectivity index is 2.41. The summed E-state index contributed by atoms with van der Waals surface area (Å²) in [6.45, 7) is 3.75. The normalized spacial score (nSPS) is 22.6. The SMILES string of the molecule is CC(NC(=O)NC1CCCNC1=O)C(C)C(=O)O. The van der Waals surface area contributed by atoms with Crippen LogP contribution < -0.4 is 16.0 Å². The third-order valence-corrected chi connectivity index (χ3v) is 3.09. The smallest absolute Gasteiger partial charge is 0.315 e. The minimum atomic E-state index is -0.974. The summed E-state index contributed by atoms with van der Waals surface area (Å²) >= 11 is 0. The lowest BCUT2D eigenvalue weighted by molar-refractivity contribution is -0.141. The molecule has 7 heteroatoms. The average Bonchev–Trinajstić information content (AvgIpc) is 2.30. The van der Waals surface area contributed by atoms with E-state index in [4.69, 9.17) is 5.11 Å². The van der Waals surface area contributed by atoms with Gasteiger partial charge in [-0.3, -0.25) is 9.59 Å². The van der Waals surface area contributed by atoms with Crippen LogP contribution in [0, 0.1) is 5.92 Å². The van der Waals surface area contributed by atoms with Crippen LogP contribution in [0.2, 0.25) is 0 Å². The van der Waals surface area contributed by atoms with Gasteiger partial charge < -0.3 is 21.1 Å². The van der Waals surface area contributed by atoms with Crippen LogP contribution >= 0.6 is 0 Å². The molecule has 3 unspecified atom stereocenters. The average molecular weight is 257 g/mol.